The van der Waals surface area contributed by atoms with Crippen LogP contribution in [0.3, 0.4) is 0 Å². The lowest BCUT2D eigenvalue weighted by atomic mass is 10.1. The molecule has 0 N–H and O–H groups in total. The van der Waals surface area contributed by atoms with Crippen LogP contribution in [0, 0.1) is 13.8 Å². The fourth-order valence-corrected chi connectivity index (χ4v) is 10.8. The molecule has 0 aliphatic carbocycles. The van der Waals surface area contributed by atoms with E-state index in [1.54, 1.807) is 96.2 Å². The Hall–Kier alpha value is -3.75. The van der Waals surface area contributed by atoms with Gasteiger partial charge in [-0.3, -0.25) is 14.6 Å². The Morgan fingerprint density at radius 1 is 0.660 bits per heavy atom. The number of fused-ring (bicyclic) bond motifs is 4. The summed E-state index contributed by atoms with van der Waals surface area (Å²) in [6, 6.07) is 10.2. The highest BCUT2D eigenvalue weighted by molar-refractivity contribution is 9.11. The van der Waals surface area contributed by atoms with Crippen LogP contribution >= 0.6 is 15.9 Å². The van der Waals surface area contributed by atoms with Gasteiger partial charge in [0.05, 0.1) is 32.8 Å². The second kappa shape index (κ2) is 13.1. The van der Waals surface area contributed by atoms with Crippen molar-refractivity contribution < 1.29 is 40.7 Å². The number of aryl methyl sites for hydroxylation is 2. The third-order valence-corrected chi connectivity index (χ3v) is 13.5. The highest BCUT2D eigenvalue weighted by Gasteiger charge is 2.58. The van der Waals surface area contributed by atoms with Crippen LogP contribution in [0.1, 0.15) is 52.7 Å². The number of rotatable bonds is 4. The van der Waals surface area contributed by atoms with Gasteiger partial charge in [0.2, 0.25) is 9.84 Å². The summed E-state index contributed by atoms with van der Waals surface area (Å²) < 4.78 is 63.4. The van der Waals surface area contributed by atoms with Crippen molar-refractivity contribution >= 4 is 53.6 Å². The first-order chi connectivity index (χ1) is 23.0. The summed E-state index contributed by atoms with van der Waals surface area (Å²) in [6.45, 7) is 14.3. The molecule has 1 saturated heterocycles. The van der Waals surface area contributed by atoms with Gasteiger partial charge in [0.15, 0.2) is 20.9 Å². The zero-order valence-corrected chi connectivity index (χ0v) is 32.3. The van der Waals surface area contributed by atoms with Crippen molar-refractivity contribution in [3.63, 3.8) is 0 Å². The molecule has 0 aromatic heterocycles. The number of ketones is 1. The molecule has 14 heteroatoms. The molecule has 2 amide bonds. The van der Waals surface area contributed by atoms with Gasteiger partial charge in [-0.25, -0.2) is 26.4 Å². The zero-order chi connectivity index (χ0) is 37.1. The quantitative estimate of drug-likeness (QED) is 0.331. The average molecular weight is 790 g/mol. The summed E-state index contributed by atoms with van der Waals surface area (Å²) in [6.07, 6.45) is 5.51. The summed E-state index contributed by atoms with van der Waals surface area (Å²) in [5.41, 5.74) is 0.526. The standard InChI is InChI=1S/C18H20BrNO4S.C18H21NO5S/c1-11-5-7-12(8-6-11)25(22,23)16-14-10-9-13(15(16)19)20(14)17(21)24-18(2,3)4;1-11-5-7-12(8-6-11)25(22,23)16-14-10-9-13(15(16)20)19(14)17(21)24-18(2,3)4/h5-10,13-14H,1-4H3;5-10,13-14,16H,1-4H3. The van der Waals surface area contributed by atoms with E-state index >= 15 is 0 Å². The largest absolute Gasteiger partial charge is 0.444 e. The molecule has 0 spiro atoms. The van der Waals surface area contributed by atoms with E-state index in [9.17, 15) is 31.2 Å². The molecule has 50 heavy (non-hydrogen) atoms. The van der Waals surface area contributed by atoms with E-state index in [2.05, 4.69) is 15.9 Å². The monoisotopic (exact) mass is 788 g/mol. The minimum Gasteiger partial charge on any atom is -0.444 e. The van der Waals surface area contributed by atoms with E-state index in [1.807, 2.05) is 19.9 Å². The van der Waals surface area contributed by atoms with Gasteiger partial charge < -0.3 is 9.47 Å². The van der Waals surface area contributed by atoms with Crippen molar-refractivity contribution in [3.8, 4) is 0 Å². The van der Waals surface area contributed by atoms with Gasteiger partial charge in [0.25, 0.3) is 0 Å². The molecule has 4 bridgehead atoms. The minimum atomic E-state index is -3.90. The van der Waals surface area contributed by atoms with E-state index in [4.69, 9.17) is 9.47 Å². The summed E-state index contributed by atoms with van der Waals surface area (Å²) in [5, 5.41) is -1.29. The highest BCUT2D eigenvalue weighted by atomic mass is 79.9. The number of carbonyl (C=O) groups excluding carboxylic acids is 3. The Balaban J connectivity index is 0.000000194. The van der Waals surface area contributed by atoms with Crippen molar-refractivity contribution in [2.45, 2.75) is 106 Å². The zero-order valence-electron chi connectivity index (χ0n) is 29.1. The maximum Gasteiger partial charge on any atom is 0.411 e. The third kappa shape index (κ3) is 7.06. The second-order valence-corrected chi connectivity index (χ2v) is 19.4. The Bertz CT molecular complexity index is 2020. The van der Waals surface area contributed by atoms with Crippen molar-refractivity contribution in [2.24, 2.45) is 0 Å². The highest BCUT2D eigenvalue weighted by Crippen LogP contribution is 2.45. The smallest absolute Gasteiger partial charge is 0.411 e. The summed E-state index contributed by atoms with van der Waals surface area (Å²) in [4.78, 5) is 40.8. The molecule has 2 aromatic rings. The van der Waals surface area contributed by atoms with E-state index in [1.165, 1.54) is 21.9 Å². The molecule has 5 unspecified atom stereocenters. The molecular formula is C36H41BrN2O9S2. The molecule has 1 fully saturated rings. The average Bonchev–Trinajstić information content (AvgIpc) is 3.74. The Morgan fingerprint density at radius 3 is 1.60 bits per heavy atom. The number of Topliss-reactive ketones (excluding diaryl/α,β-unsaturated/α-hetero) is 1. The summed E-state index contributed by atoms with van der Waals surface area (Å²) in [5.74, 6) is -0.487. The number of benzene rings is 2. The number of hydrogen-bond donors (Lipinski definition) is 0. The lowest BCUT2D eigenvalue weighted by Gasteiger charge is -2.28. The molecule has 0 radical (unpaired) electrons. The van der Waals surface area contributed by atoms with Crippen LogP contribution in [-0.4, -0.2) is 85.2 Å². The Labute approximate surface area is 302 Å². The van der Waals surface area contributed by atoms with Crippen LogP contribution in [0.25, 0.3) is 0 Å². The van der Waals surface area contributed by atoms with Crippen molar-refractivity contribution in [2.75, 3.05) is 0 Å². The first kappa shape index (κ1) is 37.5. The van der Waals surface area contributed by atoms with Crippen LogP contribution in [0.4, 0.5) is 9.59 Å². The van der Waals surface area contributed by atoms with E-state index in [-0.39, 0.29) is 14.7 Å². The van der Waals surface area contributed by atoms with Gasteiger partial charge in [-0.05, 0) is 79.7 Å². The molecule has 268 valence electrons. The number of hydrogen-bond acceptors (Lipinski definition) is 9. The first-order valence-corrected chi connectivity index (χ1v) is 19.8. The maximum atomic E-state index is 13.1. The lowest BCUT2D eigenvalue weighted by Crippen LogP contribution is -2.43. The molecule has 11 nitrogen and oxygen atoms in total. The fraction of sp³-hybridized carbons (Fsp3) is 0.417. The van der Waals surface area contributed by atoms with Crippen molar-refractivity contribution in [3.05, 3.63) is 93.3 Å². The van der Waals surface area contributed by atoms with Crippen LogP contribution in [0.2, 0.25) is 0 Å². The summed E-state index contributed by atoms with van der Waals surface area (Å²) >= 11 is 3.40. The molecule has 6 rings (SSSR count). The van der Waals surface area contributed by atoms with Gasteiger partial charge in [0, 0.05) is 4.48 Å². The van der Waals surface area contributed by atoms with E-state index < -0.39 is 78.3 Å². The van der Waals surface area contributed by atoms with Crippen molar-refractivity contribution in [1.29, 1.82) is 0 Å². The topological polar surface area (TPSA) is 144 Å². The predicted octanol–water partition coefficient (Wildman–Crippen LogP) is 6.20. The minimum absolute atomic E-state index is 0.0848. The number of sulfone groups is 2. The third-order valence-electron chi connectivity index (χ3n) is 8.35. The number of halogens is 1. The second-order valence-electron chi connectivity index (χ2n) is 14.6. The van der Waals surface area contributed by atoms with Gasteiger partial charge in [-0.2, -0.15) is 0 Å². The van der Waals surface area contributed by atoms with Crippen LogP contribution < -0.4 is 0 Å². The molecule has 2 aromatic carbocycles. The molecule has 4 aliphatic rings. The lowest BCUT2D eigenvalue weighted by molar-refractivity contribution is -0.118. The normalized spacial score (nSPS) is 24.1. The van der Waals surface area contributed by atoms with E-state index in [0.717, 1.165) is 11.1 Å². The fourth-order valence-electron chi connectivity index (χ4n) is 6.12. The molecular weight excluding hydrogens is 748 g/mol. The molecule has 0 saturated carbocycles. The predicted molar refractivity (Wildman–Crippen MR) is 191 cm³/mol. The van der Waals surface area contributed by atoms with Crippen LogP contribution in [0.5, 0.6) is 0 Å². The number of ether oxygens (including phenoxy) is 2. The number of amides is 2. The molecule has 4 heterocycles. The van der Waals surface area contributed by atoms with Gasteiger partial charge in [0.1, 0.15) is 17.2 Å². The maximum absolute atomic E-state index is 13.1. The van der Waals surface area contributed by atoms with Crippen molar-refractivity contribution in [1.82, 2.24) is 9.80 Å². The number of nitrogens with zero attached hydrogens (tertiary/aromatic N) is 2. The molecule has 4 aliphatic heterocycles. The van der Waals surface area contributed by atoms with Gasteiger partial charge in [-0.1, -0.05) is 75.6 Å². The SMILES string of the molecule is Cc1ccc(S(=O)(=O)C2=C(Br)C3C=CC2N3C(=O)OC(C)(C)C)cc1.Cc1ccc(S(=O)(=O)C2C(=O)C3C=CC2N3C(=O)OC(C)(C)C)cc1. The first-order valence-electron chi connectivity index (χ1n) is 16.0. The van der Waals surface area contributed by atoms with Gasteiger partial charge in [-0.15, -0.1) is 0 Å². The number of carbonyl (C=O) groups is 3. The van der Waals surface area contributed by atoms with Crippen LogP contribution in [-0.2, 0) is 33.9 Å². The van der Waals surface area contributed by atoms with Crippen LogP contribution in [0.15, 0.2) is 92.0 Å². The Morgan fingerprint density at radius 2 is 1.10 bits per heavy atom. The Kier molecular flexibility index (Phi) is 9.82. The molecule has 5 atom stereocenters. The summed E-state index contributed by atoms with van der Waals surface area (Å²) in [7, 11) is -7.61. The van der Waals surface area contributed by atoms with Gasteiger partial charge >= 0.3 is 12.2 Å². The van der Waals surface area contributed by atoms with E-state index in [0.29, 0.717) is 4.48 Å².